The van der Waals surface area contributed by atoms with E-state index in [1.807, 2.05) is 19.2 Å². The molecule has 0 heterocycles. The van der Waals surface area contributed by atoms with Crippen molar-refractivity contribution in [2.45, 2.75) is 11.4 Å². The van der Waals surface area contributed by atoms with Crippen molar-refractivity contribution in [2.75, 3.05) is 26.5 Å². The first-order valence-corrected chi connectivity index (χ1v) is 6.19. The van der Waals surface area contributed by atoms with Gasteiger partial charge in [-0.3, -0.25) is 0 Å². The van der Waals surface area contributed by atoms with E-state index in [1.54, 1.807) is 18.9 Å². The summed E-state index contributed by atoms with van der Waals surface area (Å²) < 4.78 is 5.02. The molecule has 1 aromatic carbocycles. The SMILES string of the molecule is CNCc1cc(Cl)ccc1SCCOC. The molecule has 0 bridgehead atoms. The Labute approximate surface area is 100 Å². The fraction of sp³-hybridized carbons (Fsp3) is 0.455. The Kier molecular flexibility index (Phi) is 6.10. The summed E-state index contributed by atoms with van der Waals surface area (Å²) in [7, 11) is 3.65. The minimum atomic E-state index is 0.770. The van der Waals surface area contributed by atoms with Crippen LogP contribution in [0, 0.1) is 0 Å². The third-order valence-electron chi connectivity index (χ3n) is 1.93. The standard InChI is InChI=1S/C11H16ClNOS/c1-13-8-9-7-10(12)3-4-11(9)15-6-5-14-2/h3-4,7,13H,5-6,8H2,1-2H3. The first-order valence-electron chi connectivity index (χ1n) is 4.82. The highest BCUT2D eigenvalue weighted by atomic mass is 35.5. The highest BCUT2D eigenvalue weighted by Crippen LogP contribution is 2.25. The molecule has 0 radical (unpaired) electrons. The van der Waals surface area contributed by atoms with E-state index >= 15 is 0 Å². The van der Waals surface area contributed by atoms with Gasteiger partial charge in [-0.15, -0.1) is 11.8 Å². The predicted octanol–water partition coefficient (Wildman–Crippen LogP) is 2.80. The number of benzene rings is 1. The lowest BCUT2D eigenvalue weighted by atomic mass is 10.2. The van der Waals surface area contributed by atoms with Crippen LogP contribution in [0.25, 0.3) is 0 Å². The van der Waals surface area contributed by atoms with Crippen LogP contribution in [0.1, 0.15) is 5.56 Å². The second-order valence-corrected chi connectivity index (χ2v) is 4.70. The molecule has 2 nitrogen and oxygen atoms in total. The van der Waals surface area contributed by atoms with E-state index in [0.29, 0.717) is 0 Å². The predicted molar refractivity (Wildman–Crippen MR) is 66.8 cm³/mol. The normalized spacial score (nSPS) is 10.6. The molecule has 1 aromatic rings. The largest absolute Gasteiger partial charge is 0.384 e. The second-order valence-electron chi connectivity index (χ2n) is 3.12. The second kappa shape index (κ2) is 7.12. The highest BCUT2D eigenvalue weighted by molar-refractivity contribution is 7.99. The molecule has 1 rings (SSSR count). The monoisotopic (exact) mass is 245 g/mol. The number of rotatable bonds is 6. The average Bonchev–Trinajstić information content (AvgIpc) is 2.22. The maximum atomic E-state index is 5.95. The van der Waals surface area contributed by atoms with Crippen LogP contribution < -0.4 is 5.32 Å². The van der Waals surface area contributed by atoms with E-state index in [-0.39, 0.29) is 0 Å². The van der Waals surface area contributed by atoms with Crippen molar-refractivity contribution in [3.8, 4) is 0 Å². The van der Waals surface area contributed by atoms with Crippen LogP contribution in [0.3, 0.4) is 0 Å². The van der Waals surface area contributed by atoms with Crippen molar-refractivity contribution in [1.82, 2.24) is 5.32 Å². The minimum Gasteiger partial charge on any atom is -0.384 e. The van der Waals surface area contributed by atoms with Gasteiger partial charge in [-0.05, 0) is 30.8 Å². The molecule has 1 N–H and O–H groups in total. The molecule has 0 aromatic heterocycles. The zero-order chi connectivity index (χ0) is 11.1. The lowest BCUT2D eigenvalue weighted by Crippen LogP contribution is -2.06. The van der Waals surface area contributed by atoms with Crippen molar-refractivity contribution in [3.63, 3.8) is 0 Å². The van der Waals surface area contributed by atoms with Crippen LogP contribution in [0.15, 0.2) is 23.1 Å². The third-order valence-corrected chi connectivity index (χ3v) is 3.25. The van der Waals surface area contributed by atoms with Crippen LogP contribution in [0.2, 0.25) is 5.02 Å². The Bertz CT molecular complexity index is 307. The molecule has 0 saturated heterocycles. The average molecular weight is 246 g/mol. The molecule has 0 fully saturated rings. The van der Waals surface area contributed by atoms with Crippen LogP contribution in [-0.4, -0.2) is 26.5 Å². The third kappa shape index (κ3) is 4.43. The molecule has 0 spiro atoms. The molecule has 15 heavy (non-hydrogen) atoms. The maximum Gasteiger partial charge on any atom is 0.0556 e. The number of hydrogen-bond donors (Lipinski definition) is 1. The molecule has 84 valence electrons. The van der Waals surface area contributed by atoms with Crippen molar-refractivity contribution >= 4 is 23.4 Å². The summed E-state index contributed by atoms with van der Waals surface area (Å²) in [6.45, 7) is 1.61. The molecule has 0 saturated carbocycles. The summed E-state index contributed by atoms with van der Waals surface area (Å²) in [5.74, 6) is 0.967. The highest BCUT2D eigenvalue weighted by Gasteiger charge is 2.03. The first-order chi connectivity index (χ1) is 7.27. The summed E-state index contributed by atoms with van der Waals surface area (Å²) in [6, 6.07) is 6.00. The molecule has 0 aliphatic heterocycles. The van der Waals surface area contributed by atoms with E-state index in [2.05, 4.69) is 11.4 Å². The Morgan fingerprint density at radius 3 is 2.93 bits per heavy atom. The quantitative estimate of drug-likeness (QED) is 0.615. The van der Waals surface area contributed by atoms with Gasteiger partial charge in [0.05, 0.1) is 6.61 Å². The minimum absolute atomic E-state index is 0.770. The van der Waals surface area contributed by atoms with E-state index in [4.69, 9.17) is 16.3 Å². The van der Waals surface area contributed by atoms with Gasteiger partial charge >= 0.3 is 0 Å². The summed E-state index contributed by atoms with van der Waals surface area (Å²) in [5.41, 5.74) is 1.24. The van der Waals surface area contributed by atoms with Crippen molar-refractivity contribution in [3.05, 3.63) is 28.8 Å². The number of halogens is 1. The van der Waals surface area contributed by atoms with Gasteiger partial charge in [0.1, 0.15) is 0 Å². The van der Waals surface area contributed by atoms with Gasteiger partial charge in [0.2, 0.25) is 0 Å². The number of thioether (sulfide) groups is 1. The molecule has 0 atom stereocenters. The van der Waals surface area contributed by atoms with Gasteiger partial charge in [0, 0.05) is 29.3 Å². The molecule has 0 amide bonds. The molecule has 4 heteroatoms. The van der Waals surface area contributed by atoms with Gasteiger partial charge in [0.25, 0.3) is 0 Å². The summed E-state index contributed by atoms with van der Waals surface area (Å²) >= 11 is 7.75. The summed E-state index contributed by atoms with van der Waals surface area (Å²) in [6.07, 6.45) is 0. The molecule has 0 aliphatic carbocycles. The fourth-order valence-electron chi connectivity index (χ4n) is 1.25. The number of ether oxygens (including phenoxy) is 1. The van der Waals surface area contributed by atoms with Gasteiger partial charge < -0.3 is 10.1 Å². The zero-order valence-electron chi connectivity index (χ0n) is 9.05. The van der Waals surface area contributed by atoms with Crippen LogP contribution in [-0.2, 0) is 11.3 Å². The number of hydrogen-bond acceptors (Lipinski definition) is 3. The number of nitrogens with one attached hydrogen (secondary N) is 1. The lowest BCUT2D eigenvalue weighted by Gasteiger charge is -2.09. The Morgan fingerprint density at radius 2 is 2.27 bits per heavy atom. The fourth-order valence-corrected chi connectivity index (χ4v) is 2.40. The van der Waals surface area contributed by atoms with Crippen LogP contribution >= 0.6 is 23.4 Å². The zero-order valence-corrected chi connectivity index (χ0v) is 10.6. The lowest BCUT2D eigenvalue weighted by molar-refractivity contribution is 0.218. The summed E-state index contributed by atoms with van der Waals surface area (Å²) in [5, 5.41) is 3.93. The van der Waals surface area contributed by atoms with E-state index in [0.717, 1.165) is 23.9 Å². The van der Waals surface area contributed by atoms with E-state index < -0.39 is 0 Å². The Hall–Kier alpha value is -0.220. The van der Waals surface area contributed by atoms with Crippen LogP contribution in [0.4, 0.5) is 0 Å². The van der Waals surface area contributed by atoms with Gasteiger partial charge in [0.15, 0.2) is 0 Å². The summed E-state index contributed by atoms with van der Waals surface area (Å²) in [4.78, 5) is 1.27. The van der Waals surface area contributed by atoms with Gasteiger partial charge in [-0.25, -0.2) is 0 Å². The van der Waals surface area contributed by atoms with Crippen molar-refractivity contribution in [1.29, 1.82) is 0 Å². The topological polar surface area (TPSA) is 21.3 Å². The molecular weight excluding hydrogens is 230 g/mol. The Morgan fingerprint density at radius 1 is 1.47 bits per heavy atom. The smallest absolute Gasteiger partial charge is 0.0556 e. The van der Waals surface area contributed by atoms with E-state index in [9.17, 15) is 0 Å². The van der Waals surface area contributed by atoms with Crippen molar-refractivity contribution in [2.24, 2.45) is 0 Å². The van der Waals surface area contributed by atoms with E-state index in [1.165, 1.54) is 10.5 Å². The molecule has 0 aliphatic rings. The Balaban J connectivity index is 2.67. The van der Waals surface area contributed by atoms with Gasteiger partial charge in [-0.1, -0.05) is 11.6 Å². The molecule has 0 unspecified atom stereocenters. The first kappa shape index (κ1) is 12.8. The van der Waals surface area contributed by atoms with Gasteiger partial charge in [-0.2, -0.15) is 0 Å². The maximum absolute atomic E-state index is 5.95. The number of methoxy groups -OCH3 is 1. The van der Waals surface area contributed by atoms with Crippen molar-refractivity contribution < 1.29 is 4.74 Å². The van der Waals surface area contributed by atoms with Crippen LogP contribution in [0.5, 0.6) is 0 Å². The molecular formula is C11H16ClNOS.